The van der Waals surface area contributed by atoms with Crippen molar-refractivity contribution in [1.29, 1.82) is 0 Å². The maximum absolute atomic E-state index is 6.03. The zero-order chi connectivity index (χ0) is 15.6. The van der Waals surface area contributed by atoms with Gasteiger partial charge < -0.3 is 10.1 Å². The number of rotatable bonds is 3. The van der Waals surface area contributed by atoms with Gasteiger partial charge in [-0.1, -0.05) is 20.8 Å². The standard InChI is InChI=1S/C17H24N4O/c1-17(2,3)15-12(5-4-10-22-15)11-20-14-7-6-13-16(21-14)19-9-8-18-13/h6-9,12,15H,4-5,10-11H2,1-3H3,(H,19,20,21). The van der Waals surface area contributed by atoms with Gasteiger partial charge in [0.2, 0.25) is 0 Å². The molecule has 2 atom stereocenters. The van der Waals surface area contributed by atoms with E-state index in [0.717, 1.165) is 30.9 Å². The van der Waals surface area contributed by atoms with Crippen LogP contribution in [0.2, 0.25) is 0 Å². The van der Waals surface area contributed by atoms with Crippen LogP contribution in [0.1, 0.15) is 33.6 Å². The Morgan fingerprint density at radius 3 is 2.86 bits per heavy atom. The predicted octanol–water partition coefficient (Wildman–Crippen LogP) is 3.28. The van der Waals surface area contributed by atoms with Crippen molar-refractivity contribution in [1.82, 2.24) is 15.0 Å². The highest BCUT2D eigenvalue weighted by Gasteiger charge is 2.35. The Labute approximate surface area is 131 Å². The molecule has 2 unspecified atom stereocenters. The number of anilines is 1. The van der Waals surface area contributed by atoms with Crippen molar-refractivity contribution in [2.24, 2.45) is 11.3 Å². The van der Waals surface area contributed by atoms with Crippen LogP contribution in [0.15, 0.2) is 24.5 Å². The van der Waals surface area contributed by atoms with Crippen LogP contribution < -0.4 is 5.32 Å². The fourth-order valence-corrected chi connectivity index (χ4v) is 3.20. The topological polar surface area (TPSA) is 59.9 Å². The van der Waals surface area contributed by atoms with Gasteiger partial charge in [0, 0.05) is 31.5 Å². The summed E-state index contributed by atoms with van der Waals surface area (Å²) >= 11 is 0. The molecule has 1 fully saturated rings. The summed E-state index contributed by atoms with van der Waals surface area (Å²) in [5, 5.41) is 3.45. The maximum atomic E-state index is 6.03. The SMILES string of the molecule is CC(C)(C)C1OCCCC1CNc1ccc2nccnc2n1. The largest absolute Gasteiger partial charge is 0.377 e. The van der Waals surface area contributed by atoms with Crippen LogP contribution in [-0.4, -0.2) is 34.2 Å². The molecule has 0 aliphatic carbocycles. The minimum absolute atomic E-state index is 0.162. The number of pyridine rings is 1. The Hall–Kier alpha value is -1.75. The van der Waals surface area contributed by atoms with E-state index < -0.39 is 0 Å². The molecule has 118 valence electrons. The highest BCUT2D eigenvalue weighted by Crippen LogP contribution is 2.34. The molecule has 1 aliphatic heterocycles. The normalized spacial score (nSPS) is 22.7. The highest BCUT2D eigenvalue weighted by atomic mass is 16.5. The molecule has 3 heterocycles. The average molecular weight is 300 g/mol. The molecule has 2 aromatic heterocycles. The van der Waals surface area contributed by atoms with Gasteiger partial charge in [0.1, 0.15) is 11.3 Å². The number of aromatic nitrogens is 3. The van der Waals surface area contributed by atoms with Gasteiger partial charge in [0.25, 0.3) is 0 Å². The molecule has 5 heteroatoms. The van der Waals surface area contributed by atoms with Crippen LogP contribution in [-0.2, 0) is 4.74 Å². The number of nitrogens with one attached hydrogen (secondary N) is 1. The lowest BCUT2D eigenvalue weighted by Crippen LogP contribution is -2.42. The van der Waals surface area contributed by atoms with E-state index in [9.17, 15) is 0 Å². The Balaban J connectivity index is 1.69. The van der Waals surface area contributed by atoms with Gasteiger partial charge >= 0.3 is 0 Å². The molecule has 2 aromatic rings. The van der Waals surface area contributed by atoms with Crippen LogP contribution in [0.3, 0.4) is 0 Å². The summed E-state index contributed by atoms with van der Waals surface area (Å²) in [6.07, 6.45) is 5.97. The van der Waals surface area contributed by atoms with Crippen molar-refractivity contribution in [3.8, 4) is 0 Å². The van der Waals surface area contributed by atoms with Crippen molar-refractivity contribution >= 4 is 17.0 Å². The molecule has 0 amide bonds. The Kier molecular flexibility index (Phi) is 4.25. The van der Waals surface area contributed by atoms with Gasteiger partial charge in [-0.2, -0.15) is 0 Å². The third kappa shape index (κ3) is 3.35. The summed E-state index contributed by atoms with van der Waals surface area (Å²) in [4.78, 5) is 13.0. The molecule has 0 saturated carbocycles. The van der Waals surface area contributed by atoms with Crippen LogP contribution in [0.4, 0.5) is 5.82 Å². The second kappa shape index (κ2) is 6.16. The van der Waals surface area contributed by atoms with Crippen molar-refractivity contribution in [3.63, 3.8) is 0 Å². The minimum atomic E-state index is 0.162. The highest BCUT2D eigenvalue weighted by molar-refractivity contribution is 5.71. The van der Waals surface area contributed by atoms with E-state index in [2.05, 4.69) is 41.0 Å². The van der Waals surface area contributed by atoms with Crippen molar-refractivity contribution < 1.29 is 4.74 Å². The van der Waals surface area contributed by atoms with Crippen LogP contribution in [0, 0.1) is 11.3 Å². The summed E-state index contributed by atoms with van der Waals surface area (Å²) < 4.78 is 6.03. The molecule has 1 saturated heterocycles. The van der Waals surface area contributed by atoms with E-state index in [4.69, 9.17) is 4.74 Å². The third-order valence-corrected chi connectivity index (χ3v) is 4.18. The molecule has 0 aromatic carbocycles. The second-order valence-electron chi connectivity index (χ2n) is 7.04. The van der Waals surface area contributed by atoms with E-state index >= 15 is 0 Å². The number of hydrogen-bond acceptors (Lipinski definition) is 5. The molecule has 3 rings (SSSR count). The minimum Gasteiger partial charge on any atom is -0.377 e. The number of hydrogen-bond donors (Lipinski definition) is 1. The van der Waals surface area contributed by atoms with E-state index in [1.807, 2.05) is 12.1 Å². The van der Waals surface area contributed by atoms with E-state index in [0.29, 0.717) is 11.6 Å². The summed E-state index contributed by atoms with van der Waals surface area (Å²) in [6.45, 7) is 8.50. The van der Waals surface area contributed by atoms with E-state index in [1.165, 1.54) is 6.42 Å². The Morgan fingerprint density at radius 2 is 2.05 bits per heavy atom. The molecule has 22 heavy (non-hydrogen) atoms. The van der Waals surface area contributed by atoms with Crippen molar-refractivity contribution in [2.45, 2.75) is 39.7 Å². The summed E-state index contributed by atoms with van der Waals surface area (Å²) in [6, 6.07) is 3.92. The van der Waals surface area contributed by atoms with Crippen molar-refractivity contribution in [2.75, 3.05) is 18.5 Å². The first kappa shape index (κ1) is 15.2. The Morgan fingerprint density at radius 1 is 1.23 bits per heavy atom. The van der Waals surface area contributed by atoms with E-state index in [-0.39, 0.29) is 11.5 Å². The van der Waals surface area contributed by atoms with Gasteiger partial charge in [-0.3, -0.25) is 4.98 Å². The number of ether oxygens (including phenoxy) is 1. The molecule has 1 N–H and O–H groups in total. The lowest BCUT2D eigenvalue weighted by Gasteiger charge is -2.40. The smallest absolute Gasteiger partial charge is 0.180 e. The Bertz CT molecular complexity index is 638. The lowest BCUT2D eigenvalue weighted by molar-refractivity contribution is -0.0814. The average Bonchev–Trinajstić information content (AvgIpc) is 2.52. The number of nitrogens with zero attached hydrogens (tertiary/aromatic N) is 3. The van der Waals surface area contributed by atoms with Gasteiger partial charge in [-0.05, 0) is 30.4 Å². The fraction of sp³-hybridized carbons (Fsp3) is 0.588. The molecule has 0 spiro atoms. The van der Waals surface area contributed by atoms with Crippen LogP contribution in [0.5, 0.6) is 0 Å². The van der Waals surface area contributed by atoms with E-state index in [1.54, 1.807) is 12.4 Å². The van der Waals surface area contributed by atoms with Gasteiger partial charge in [0.05, 0.1) is 6.10 Å². The van der Waals surface area contributed by atoms with Crippen LogP contribution in [0.25, 0.3) is 11.2 Å². The molecule has 1 aliphatic rings. The summed E-state index contributed by atoms with van der Waals surface area (Å²) in [5.41, 5.74) is 1.66. The molecule has 0 bridgehead atoms. The first-order valence-electron chi connectivity index (χ1n) is 7.97. The van der Waals surface area contributed by atoms with Gasteiger partial charge in [0.15, 0.2) is 5.65 Å². The third-order valence-electron chi connectivity index (χ3n) is 4.18. The molecular weight excluding hydrogens is 276 g/mol. The number of fused-ring (bicyclic) bond motifs is 1. The lowest BCUT2D eigenvalue weighted by atomic mass is 9.78. The second-order valence-corrected chi connectivity index (χ2v) is 7.04. The zero-order valence-electron chi connectivity index (χ0n) is 13.5. The maximum Gasteiger partial charge on any atom is 0.180 e. The molecule has 5 nitrogen and oxygen atoms in total. The molecule has 0 radical (unpaired) electrons. The first-order chi connectivity index (χ1) is 10.5. The summed E-state index contributed by atoms with van der Waals surface area (Å²) in [7, 11) is 0. The first-order valence-corrected chi connectivity index (χ1v) is 7.97. The van der Waals surface area contributed by atoms with Gasteiger partial charge in [-0.25, -0.2) is 9.97 Å². The van der Waals surface area contributed by atoms with Gasteiger partial charge in [-0.15, -0.1) is 0 Å². The fourth-order valence-electron chi connectivity index (χ4n) is 3.20. The predicted molar refractivity (Wildman–Crippen MR) is 87.7 cm³/mol. The quantitative estimate of drug-likeness (QED) is 0.942. The molecular formula is C17H24N4O. The monoisotopic (exact) mass is 300 g/mol. The summed E-state index contributed by atoms with van der Waals surface area (Å²) in [5.74, 6) is 1.36. The van der Waals surface area contributed by atoms with Crippen LogP contribution >= 0.6 is 0 Å². The zero-order valence-corrected chi connectivity index (χ0v) is 13.5. The van der Waals surface area contributed by atoms with Crippen molar-refractivity contribution in [3.05, 3.63) is 24.5 Å².